The van der Waals surface area contributed by atoms with Gasteiger partial charge in [-0.05, 0) is 74.1 Å². The molecule has 0 bridgehead atoms. The second-order valence-electron chi connectivity index (χ2n) is 15.6. The summed E-state index contributed by atoms with van der Waals surface area (Å²) in [5.41, 5.74) is 2.50. The lowest BCUT2D eigenvalue weighted by molar-refractivity contribution is -0.136. The lowest BCUT2D eigenvalue weighted by Crippen LogP contribution is -2.54. The third-order valence-electron chi connectivity index (χ3n) is 12.2. The third-order valence-corrected chi connectivity index (χ3v) is 12.5. The lowest BCUT2D eigenvalue weighted by Gasteiger charge is -2.44. The molecule has 4 aliphatic rings. The van der Waals surface area contributed by atoms with Crippen LogP contribution in [0.4, 0.5) is 23.1 Å². The molecule has 6 heterocycles. The Bertz CT molecular complexity index is 2440. The van der Waals surface area contributed by atoms with Crippen molar-refractivity contribution in [1.82, 2.24) is 35.0 Å². The molecule has 3 fully saturated rings. The molecule has 3 N–H and O–H groups in total. The number of benzene rings is 2. The minimum Gasteiger partial charge on any atom is -0.478 e. The predicted octanol–water partition coefficient (Wildman–Crippen LogP) is 3.07. The first-order chi connectivity index (χ1) is 28.9. The van der Waals surface area contributed by atoms with E-state index in [-0.39, 0.29) is 42.2 Å². The topological polar surface area (TPSA) is 191 Å². The number of carbonyl (C=O) groups is 5. The third kappa shape index (κ3) is 7.86. The maximum atomic E-state index is 13.4. The van der Waals surface area contributed by atoms with E-state index >= 15 is 0 Å². The summed E-state index contributed by atoms with van der Waals surface area (Å²) >= 11 is 6.58. The molecule has 4 aliphatic heterocycles. The van der Waals surface area contributed by atoms with E-state index in [2.05, 4.69) is 42.6 Å². The van der Waals surface area contributed by atoms with Gasteiger partial charge in [0, 0.05) is 82.6 Å². The number of rotatable bonds is 11. The Balaban J connectivity index is 0.872. The van der Waals surface area contributed by atoms with Gasteiger partial charge >= 0.3 is 0 Å². The maximum absolute atomic E-state index is 13.4. The number of carbonyl (C=O) groups excluding carboxylic acids is 5. The van der Waals surface area contributed by atoms with Gasteiger partial charge in [0.25, 0.3) is 23.3 Å². The molecule has 0 saturated carbocycles. The quantitative estimate of drug-likeness (QED) is 0.187. The molecule has 60 heavy (non-hydrogen) atoms. The number of imide groups is 2. The van der Waals surface area contributed by atoms with E-state index in [0.29, 0.717) is 45.5 Å². The summed E-state index contributed by atoms with van der Waals surface area (Å²) < 4.78 is 6.99. The SMILES string of the molecule is CCC(C1CCN(c2ccc3c(c2)C(=O)N(C2CCC(=O)NC2=O)C3=O)CC1)N1CCN(c2ncc(Cl)c(Nc3ccc4c(c3)cc(OCC(=O)NC)c(=O)n4C)n2)CC1. The first kappa shape index (κ1) is 40.7. The van der Waals surface area contributed by atoms with Crippen LogP contribution in [0.15, 0.2) is 53.5 Å². The molecule has 314 valence electrons. The number of hydrogen-bond acceptors (Lipinski definition) is 13. The number of ether oxygens (including phenoxy) is 1. The van der Waals surface area contributed by atoms with Crippen molar-refractivity contribution in [2.45, 2.75) is 51.1 Å². The predicted molar refractivity (Wildman–Crippen MR) is 225 cm³/mol. The van der Waals surface area contributed by atoms with Crippen LogP contribution < -0.4 is 36.0 Å². The Hall–Kier alpha value is -6.07. The second kappa shape index (κ2) is 16.9. The molecule has 2 aromatic carbocycles. The molecule has 0 spiro atoms. The Labute approximate surface area is 351 Å². The van der Waals surface area contributed by atoms with Gasteiger partial charge < -0.3 is 29.7 Å². The minimum absolute atomic E-state index is 0.0687. The zero-order chi connectivity index (χ0) is 42.2. The minimum atomic E-state index is -0.988. The van der Waals surface area contributed by atoms with Gasteiger partial charge in [-0.3, -0.25) is 43.9 Å². The highest BCUT2D eigenvalue weighted by atomic mass is 35.5. The van der Waals surface area contributed by atoms with E-state index in [0.717, 1.165) is 74.5 Å². The first-order valence-electron chi connectivity index (χ1n) is 20.3. The molecular formula is C42H47ClN10O7. The molecule has 17 nitrogen and oxygen atoms in total. The van der Waals surface area contributed by atoms with E-state index in [9.17, 15) is 28.8 Å². The molecular weight excluding hydrogens is 792 g/mol. The number of halogens is 1. The summed E-state index contributed by atoms with van der Waals surface area (Å²) in [5, 5.41) is 9.12. The highest BCUT2D eigenvalue weighted by Crippen LogP contribution is 2.35. The van der Waals surface area contributed by atoms with Crippen molar-refractivity contribution in [3.8, 4) is 5.75 Å². The van der Waals surface area contributed by atoms with Crippen molar-refractivity contribution in [2.24, 2.45) is 13.0 Å². The number of nitrogens with zero attached hydrogens (tertiary/aromatic N) is 7. The molecule has 2 aromatic heterocycles. The van der Waals surface area contributed by atoms with E-state index in [1.807, 2.05) is 24.3 Å². The number of fused-ring (bicyclic) bond motifs is 2. The van der Waals surface area contributed by atoms with Crippen molar-refractivity contribution < 1.29 is 28.7 Å². The van der Waals surface area contributed by atoms with Gasteiger partial charge in [0.2, 0.25) is 17.8 Å². The van der Waals surface area contributed by atoms with Crippen molar-refractivity contribution >= 4 is 75.2 Å². The van der Waals surface area contributed by atoms with Gasteiger partial charge in [-0.1, -0.05) is 18.5 Å². The average molecular weight is 839 g/mol. The van der Waals surface area contributed by atoms with Crippen LogP contribution in [-0.2, 0) is 21.4 Å². The summed E-state index contributed by atoms with van der Waals surface area (Å²) in [6.07, 6.45) is 4.78. The number of piperazine rings is 1. The number of hydrogen-bond donors (Lipinski definition) is 3. The van der Waals surface area contributed by atoms with E-state index in [4.69, 9.17) is 21.3 Å². The van der Waals surface area contributed by atoms with Crippen molar-refractivity contribution in [3.05, 3.63) is 75.2 Å². The largest absolute Gasteiger partial charge is 0.478 e. The number of anilines is 4. The van der Waals surface area contributed by atoms with Gasteiger partial charge in [0.1, 0.15) is 11.1 Å². The first-order valence-corrected chi connectivity index (χ1v) is 20.7. The van der Waals surface area contributed by atoms with Gasteiger partial charge in [0.15, 0.2) is 18.2 Å². The summed E-state index contributed by atoms with van der Waals surface area (Å²) in [4.78, 5) is 92.7. The zero-order valence-electron chi connectivity index (χ0n) is 33.7. The summed E-state index contributed by atoms with van der Waals surface area (Å²) in [6.45, 7) is 6.80. The van der Waals surface area contributed by atoms with Crippen molar-refractivity contribution in [1.29, 1.82) is 0 Å². The van der Waals surface area contributed by atoms with Gasteiger partial charge in [-0.2, -0.15) is 4.98 Å². The number of aromatic nitrogens is 3. The zero-order valence-corrected chi connectivity index (χ0v) is 34.5. The van der Waals surface area contributed by atoms with Crippen molar-refractivity contribution in [3.63, 3.8) is 0 Å². The van der Waals surface area contributed by atoms with Gasteiger partial charge in [-0.25, -0.2) is 4.98 Å². The number of likely N-dealkylation sites (N-methyl/N-ethyl adjacent to an activating group) is 1. The van der Waals surface area contributed by atoms with Crippen molar-refractivity contribution in [2.75, 3.05) is 68.0 Å². The Kier molecular flexibility index (Phi) is 11.5. The molecule has 4 aromatic rings. The Morgan fingerprint density at radius 2 is 1.68 bits per heavy atom. The normalized spacial score (nSPS) is 19.4. The number of amides is 5. The maximum Gasteiger partial charge on any atom is 0.293 e. The van der Waals surface area contributed by atoms with Crippen LogP contribution in [0.2, 0.25) is 5.02 Å². The Morgan fingerprint density at radius 1 is 0.933 bits per heavy atom. The number of aryl methyl sites for hydroxylation is 1. The van der Waals surface area contributed by atoms with E-state index in [1.54, 1.807) is 31.4 Å². The van der Waals surface area contributed by atoms with Gasteiger partial charge in [-0.15, -0.1) is 0 Å². The number of piperidine rings is 2. The fourth-order valence-corrected chi connectivity index (χ4v) is 9.06. The highest BCUT2D eigenvalue weighted by molar-refractivity contribution is 6.33. The van der Waals surface area contributed by atoms with E-state index < -0.39 is 29.7 Å². The molecule has 2 unspecified atom stereocenters. The van der Waals surface area contributed by atoms with Crippen LogP contribution in [0.1, 0.15) is 59.7 Å². The number of nitrogens with one attached hydrogen (secondary N) is 3. The second-order valence-corrected chi connectivity index (χ2v) is 16.0. The van der Waals surface area contributed by atoms with Gasteiger partial charge in [0.05, 0.1) is 22.8 Å². The molecule has 0 aliphatic carbocycles. The molecule has 8 rings (SSSR count). The molecule has 5 amide bonds. The fourth-order valence-electron chi connectivity index (χ4n) is 8.93. The van der Waals surface area contributed by atoms with Crippen LogP contribution in [0.25, 0.3) is 10.9 Å². The van der Waals surface area contributed by atoms with Crippen LogP contribution in [0.3, 0.4) is 0 Å². The van der Waals surface area contributed by atoms with E-state index in [1.165, 1.54) is 11.6 Å². The van der Waals surface area contributed by atoms with Crippen LogP contribution >= 0.6 is 11.6 Å². The fraction of sp³-hybridized carbons (Fsp3) is 0.429. The molecule has 18 heteroatoms. The highest BCUT2D eigenvalue weighted by Gasteiger charge is 2.45. The van der Waals surface area contributed by atoms with Crippen LogP contribution in [0.5, 0.6) is 5.75 Å². The summed E-state index contributed by atoms with van der Waals surface area (Å²) in [7, 11) is 3.15. The molecule has 0 radical (unpaired) electrons. The Morgan fingerprint density at radius 3 is 2.40 bits per heavy atom. The molecule has 3 saturated heterocycles. The lowest BCUT2D eigenvalue weighted by atomic mass is 9.86. The molecule has 2 atom stereocenters. The van der Waals surface area contributed by atoms with Crippen LogP contribution in [-0.4, -0.2) is 119 Å². The summed E-state index contributed by atoms with van der Waals surface area (Å²) in [6, 6.07) is 11.9. The average Bonchev–Trinajstić information content (AvgIpc) is 3.50. The standard InChI is InChI=1S/C42H47ClN10O7/c1-4-31(24-11-13-50(14-12-24)27-6-7-28-29(21-27)40(58)53(39(28)57)33-9-10-35(54)47-38(33)56)51-15-17-52(18-16-51)42-45-22-30(43)37(48-42)46-26-5-8-32-25(19-26)20-34(41(59)49(32)3)60-23-36(55)44-2/h5-8,19-22,24,31,33H,4,9-18,23H2,1-3H3,(H,44,55)(H,45,46,48)(H,47,54,56). The number of pyridine rings is 1. The van der Waals surface area contributed by atoms with Crippen LogP contribution in [0, 0.1) is 5.92 Å². The smallest absolute Gasteiger partial charge is 0.293 e. The summed E-state index contributed by atoms with van der Waals surface area (Å²) in [5.74, 6) is -0.770. The monoisotopic (exact) mass is 838 g/mol.